The fraction of sp³-hybridized carbons (Fsp3) is 0.763. The van der Waals surface area contributed by atoms with E-state index in [4.69, 9.17) is 38.1 Å². The molecule has 0 amide bonds. The number of nitrogens with one attached hydrogen (secondary N) is 1. The van der Waals surface area contributed by atoms with E-state index in [9.17, 15) is 30.3 Å². The molecule has 0 spiro atoms. The number of pyridine rings is 1. The first-order valence-corrected chi connectivity index (χ1v) is 29.1. The van der Waals surface area contributed by atoms with Crippen molar-refractivity contribution in [2.24, 2.45) is 11.8 Å². The van der Waals surface area contributed by atoms with Crippen molar-refractivity contribution in [1.29, 1.82) is 0 Å². The Bertz CT molecular complexity index is 2420. The van der Waals surface area contributed by atoms with Gasteiger partial charge in [0.05, 0.1) is 47.2 Å². The number of halogens is 1. The lowest BCUT2D eigenvalue weighted by Gasteiger charge is -2.47. The number of nitrogens with zero attached hydrogens (tertiary/aromatic N) is 7. The van der Waals surface area contributed by atoms with E-state index < -0.39 is 121 Å². The van der Waals surface area contributed by atoms with E-state index in [0.717, 1.165) is 48.7 Å². The van der Waals surface area contributed by atoms with Gasteiger partial charge in [0.2, 0.25) is 0 Å². The number of hydrogen-bond donors (Lipinski definition) is 6. The van der Waals surface area contributed by atoms with Gasteiger partial charge in [-0.2, -0.15) is 0 Å². The van der Waals surface area contributed by atoms with E-state index in [2.05, 4.69) is 26.6 Å². The van der Waals surface area contributed by atoms with Crippen molar-refractivity contribution in [2.45, 2.75) is 203 Å². The van der Waals surface area contributed by atoms with Gasteiger partial charge in [-0.15, -0.1) is 5.10 Å². The van der Waals surface area contributed by atoms with E-state index in [1.54, 1.807) is 54.8 Å². The van der Waals surface area contributed by atoms with Crippen molar-refractivity contribution in [2.75, 3.05) is 79.2 Å². The number of alkyl halides is 1. The number of hydrogen-bond acceptors (Lipinski definition) is 20. The molecular formula is C59H95FN8O13. The van der Waals surface area contributed by atoms with Crippen LogP contribution in [-0.4, -0.2) is 226 Å². The number of aromatic nitrogens is 4. The van der Waals surface area contributed by atoms with Crippen LogP contribution in [0.25, 0.3) is 11.1 Å². The second-order valence-electron chi connectivity index (χ2n) is 24.3. The van der Waals surface area contributed by atoms with Gasteiger partial charge in [-0.3, -0.25) is 4.79 Å². The zero-order valence-corrected chi connectivity index (χ0v) is 50.1. The molecule has 4 aliphatic heterocycles. The molecule has 0 saturated carbocycles. The van der Waals surface area contributed by atoms with Crippen LogP contribution in [0.2, 0.25) is 0 Å². The van der Waals surface area contributed by atoms with Gasteiger partial charge >= 0.3 is 5.97 Å². The van der Waals surface area contributed by atoms with E-state index >= 15 is 4.39 Å². The Morgan fingerprint density at radius 3 is 2.25 bits per heavy atom. The van der Waals surface area contributed by atoms with Gasteiger partial charge in [0.1, 0.15) is 54.7 Å². The van der Waals surface area contributed by atoms with Crippen LogP contribution in [0.1, 0.15) is 118 Å². The molecule has 4 aliphatic rings. The van der Waals surface area contributed by atoms with Gasteiger partial charge in [-0.05, 0) is 111 Å². The highest BCUT2D eigenvalue weighted by Crippen LogP contribution is 2.39. The van der Waals surface area contributed by atoms with E-state index in [-0.39, 0.29) is 31.6 Å². The van der Waals surface area contributed by atoms with Gasteiger partial charge < -0.3 is 78.7 Å². The smallest absolute Gasteiger partial charge is 0.311 e. The molecule has 4 fully saturated rings. The standard InChI is InChI=1S/C59H95FN8O13/c1-14-47-59(9,74)53(70)38(5)66(11)33-35(2)29-57(7,73)48(28-46(37(4)55(72)80-47)79-50-30-58(8,76-13)54(71)39(6)78-50)81-56-51(69)44(27-36(3)77-56)65(10)24-21-43-34-68(64-63-43)45(31-60)52(75-12)41-17-15-40(16-18-41)42-19-20-49(62-32-42)67-25-22-61-23-26-67/h15-20,32,34-39,44-48,50-54,56,61,69-71,73-74H,14,21-31,33H2,1-13H3/t35-,36-,37-,38-,39+,44+,45-,46+,47-,48-,50+,51-,52-,53-,54+,56+,57-,58-,59-/m1/s1. The van der Waals surface area contributed by atoms with Crippen molar-refractivity contribution in [3.05, 3.63) is 60.0 Å². The Kier molecular flexibility index (Phi) is 22.3. The van der Waals surface area contributed by atoms with Crippen LogP contribution in [0, 0.1) is 11.8 Å². The number of carbonyl (C=O) groups is 1. The maximum Gasteiger partial charge on any atom is 0.311 e. The highest BCUT2D eigenvalue weighted by atomic mass is 19.1. The third-order valence-electron chi connectivity index (χ3n) is 17.9. The lowest BCUT2D eigenvalue weighted by molar-refractivity contribution is -0.308. The lowest BCUT2D eigenvalue weighted by Crippen LogP contribution is -2.59. The number of rotatable bonds is 17. The van der Waals surface area contributed by atoms with Crippen molar-refractivity contribution < 1.29 is 67.9 Å². The van der Waals surface area contributed by atoms with Crippen molar-refractivity contribution in [3.63, 3.8) is 0 Å². The van der Waals surface area contributed by atoms with Crippen LogP contribution >= 0.6 is 0 Å². The number of aliphatic hydroxyl groups excluding tert-OH is 3. The normalized spacial score (nSPS) is 37.1. The summed E-state index contributed by atoms with van der Waals surface area (Å²) in [6, 6.07) is 10.1. The zero-order chi connectivity index (χ0) is 59.1. The van der Waals surface area contributed by atoms with Crippen molar-refractivity contribution in [3.8, 4) is 11.1 Å². The van der Waals surface area contributed by atoms with Gasteiger partial charge in [0.15, 0.2) is 12.6 Å². The molecule has 6 heterocycles. The zero-order valence-electron chi connectivity index (χ0n) is 50.1. The minimum Gasteiger partial charge on any atom is -0.459 e. The summed E-state index contributed by atoms with van der Waals surface area (Å²) in [6.07, 6.45) is -6.10. The Morgan fingerprint density at radius 2 is 1.62 bits per heavy atom. The van der Waals surface area contributed by atoms with E-state index in [1.165, 1.54) is 18.7 Å². The maximum absolute atomic E-state index is 15.1. The van der Waals surface area contributed by atoms with Crippen LogP contribution in [0.15, 0.2) is 48.8 Å². The molecule has 4 saturated heterocycles. The van der Waals surface area contributed by atoms with E-state index in [1.807, 2.05) is 74.3 Å². The summed E-state index contributed by atoms with van der Waals surface area (Å²) in [5.41, 5.74) is -1.21. The van der Waals surface area contributed by atoms with Crippen LogP contribution in [0.5, 0.6) is 0 Å². The molecule has 0 radical (unpaired) electrons. The third kappa shape index (κ3) is 15.4. The van der Waals surface area contributed by atoms with Crippen molar-refractivity contribution in [1.82, 2.24) is 35.1 Å². The second kappa shape index (κ2) is 27.9. The molecule has 1 aromatic carbocycles. The number of piperazine rings is 1. The number of benzene rings is 1. The number of aliphatic hydroxyl groups is 5. The molecule has 7 rings (SSSR count). The van der Waals surface area contributed by atoms with E-state index in [0.29, 0.717) is 31.6 Å². The van der Waals surface area contributed by atoms with Gasteiger partial charge in [0.25, 0.3) is 0 Å². The molecular weight excluding hydrogens is 1050 g/mol. The van der Waals surface area contributed by atoms with Crippen LogP contribution in [0.4, 0.5) is 10.2 Å². The summed E-state index contributed by atoms with van der Waals surface area (Å²) in [6.45, 7) is 19.4. The average Bonchev–Trinajstić information content (AvgIpc) is 3.98. The van der Waals surface area contributed by atoms with Crippen molar-refractivity contribution >= 4 is 11.8 Å². The summed E-state index contributed by atoms with van der Waals surface area (Å²) in [7, 11) is 6.77. The number of likely N-dealkylation sites (N-methyl/N-ethyl adjacent to an activating group) is 2. The Balaban J connectivity index is 1.07. The molecule has 21 nitrogen and oxygen atoms in total. The first-order chi connectivity index (χ1) is 38.3. The monoisotopic (exact) mass is 1140 g/mol. The summed E-state index contributed by atoms with van der Waals surface area (Å²) in [5, 5.41) is 71.8. The molecule has 6 N–H and O–H groups in total. The Morgan fingerprint density at radius 1 is 0.926 bits per heavy atom. The Hall–Kier alpha value is -3.85. The minimum absolute atomic E-state index is 0.0896. The summed E-state index contributed by atoms with van der Waals surface area (Å²) < 4.78 is 60.6. The topological polar surface area (TPSA) is 248 Å². The first kappa shape index (κ1) is 64.7. The number of anilines is 1. The molecule has 22 heteroatoms. The number of ether oxygens (including phenoxy) is 7. The lowest BCUT2D eigenvalue weighted by atomic mass is 9.83. The number of methoxy groups -OCH3 is 2. The quantitative estimate of drug-likeness (QED) is 0.104. The molecule has 0 unspecified atom stereocenters. The Labute approximate surface area is 478 Å². The summed E-state index contributed by atoms with van der Waals surface area (Å²) in [5.74, 6) is -1.05. The fourth-order valence-electron chi connectivity index (χ4n) is 12.4. The van der Waals surface area contributed by atoms with Gasteiger partial charge in [-0.1, -0.05) is 43.3 Å². The maximum atomic E-state index is 15.1. The second-order valence-corrected chi connectivity index (χ2v) is 24.3. The number of esters is 1. The molecule has 2 aromatic heterocycles. The largest absolute Gasteiger partial charge is 0.459 e. The molecule has 456 valence electrons. The minimum atomic E-state index is -1.85. The predicted molar refractivity (Wildman–Crippen MR) is 302 cm³/mol. The molecule has 81 heavy (non-hydrogen) atoms. The molecule has 0 aliphatic carbocycles. The first-order valence-electron chi connectivity index (χ1n) is 29.1. The fourth-order valence-corrected chi connectivity index (χ4v) is 12.4. The highest BCUT2D eigenvalue weighted by Gasteiger charge is 2.51. The van der Waals surface area contributed by atoms with Gasteiger partial charge in [0, 0.05) is 103 Å². The molecule has 19 atom stereocenters. The third-order valence-corrected chi connectivity index (χ3v) is 17.9. The predicted octanol–water partition coefficient (Wildman–Crippen LogP) is 4.23. The summed E-state index contributed by atoms with van der Waals surface area (Å²) >= 11 is 0. The SMILES string of the molecule is CC[C@H]1OC(=O)[C@H](C)[C@@H](O[C@H]2C[C@@](C)(OC)[C@@H](O)[C@H](C)O2)C[C@@H](O[C@@H]2O[C@H](C)C[C@H](N(C)CCc3cn([C@H](CF)[C@H](OC)c4ccc(-c5ccc(N6CCNCC6)nc5)cc4)nn3)[C@H]2O)[C@](C)(O)C[C@@H](C)CN(C)[C@H](C)[C@@H](O)[C@]1(C)O. The van der Waals surface area contributed by atoms with Crippen LogP contribution < -0.4 is 10.2 Å². The summed E-state index contributed by atoms with van der Waals surface area (Å²) in [4.78, 5) is 25.3. The number of carbonyl (C=O) groups excluding carboxylic acids is 1. The van der Waals surface area contributed by atoms with Crippen LogP contribution in [-0.2, 0) is 44.4 Å². The van der Waals surface area contributed by atoms with Crippen LogP contribution in [0.3, 0.4) is 0 Å². The average molecular weight is 1140 g/mol. The number of cyclic esters (lactones) is 1. The highest BCUT2D eigenvalue weighted by molar-refractivity contribution is 5.73. The molecule has 3 aromatic rings. The molecule has 0 bridgehead atoms. The van der Waals surface area contributed by atoms with Gasteiger partial charge in [-0.25, -0.2) is 14.1 Å².